The molecule has 25 heavy (non-hydrogen) atoms. The number of aromatic nitrogens is 1. The molecule has 1 aliphatic carbocycles. The summed E-state index contributed by atoms with van der Waals surface area (Å²) in [6.07, 6.45) is 6.81. The summed E-state index contributed by atoms with van der Waals surface area (Å²) in [5, 5.41) is 4.39. The summed E-state index contributed by atoms with van der Waals surface area (Å²) in [4.78, 5) is 1.50. The van der Waals surface area contributed by atoms with Crippen LogP contribution in [-0.2, 0) is 0 Å². The molecule has 5 aromatic rings. The van der Waals surface area contributed by atoms with Gasteiger partial charge >= 0.3 is 0 Å². The summed E-state index contributed by atoms with van der Waals surface area (Å²) in [5.41, 5.74) is 1.50. The summed E-state index contributed by atoms with van der Waals surface area (Å²) < 4.78 is 7.08. The highest BCUT2D eigenvalue weighted by atomic mass is 32.1. The Balaban J connectivity index is 1.83. The molecule has 1 nitrogen and oxygen atoms in total. The first kappa shape index (κ1) is 14.3. The maximum absolute atomic E-state index is 2.73. The summed E-state index contributed by atoms with van der Waals surface area (Å²) >= 11 is 3.97. The number of hydrogen-bond donors (Lipinski definition) is 0. The van der Waals surface area contributed by atoms with Gasteiger partial charge in [0, 0.05) is 31.6 Å². The molecule has 0 radical (unpaired) electrons. The molecule has 0 saturated heterocycles. The molecule has 1 saturated carbocycles. The normalized spacial score (nSPS) is 16.6. The molecule has 3 aromatic heterocycles. The molecule has 0 amide bonds. The van der Waals surface area contributed by atoms with Crippen LogP contribution in [0.4, 0.5) is 0 Å². The van der Waals surface area contributed by atoms with Gasteiger partial charge in [0.1, 0.15) is 4.83 Å². The quantitative estimate of drug-likeness (QED) is 0.288. The van der Waals surface area contributed by atoms with E-state index in [0.717, 1.165) is 0 Å². The molecule has 1 fully saturated rings. The van der Waals surface area contributed by atoms with Crippen molar-refractivity contribution in [2.75, 3.05) is 0 Å². The van der Waals surface area contributed by atoms with E-state index in [9.17, 15) is 0 Å². The standard InChI is InChI=1S/C22H19NS2/c1-2-8-14(9-3-1)23-20-16-11-5-7-13-18(16)24-21(20)19-15-10-4-6-12-17(15)25-22(19)23/h4-7,10-14H,1-3,8-9H2. The van der Waals surface area contributed by atoms with E-state index in [2.05, 4.69) is 53.1 Å². The third kappa shape index (κ3) is 1.94. The second kappa shape index (κ2) is 5.33. The predicted octanol–water partition coefficient (Wildman–Crippen LogP) is 7.73. The second-order valence-electron chi connectivity index (χ2n) is 7.22. The molecular formula is C22H19NS2. The minimum atomic E-state index is 0.666. The van der Waals surface area contributed by atoms with Gasteiger partial charge in [-0.1, -0.05) is 55.7 Å². The van der Waals surface area contributed by atoms with Gasteiger partial charge in [-0.2, -0.15) is 0 Å². The Morgan fingerprint density at radius 3 is 2.24 bits per heavy atom. The molecule has 0 bridgehead atoms. The summed E-state index contributed by atoms with van der Waals surface area (Å²) in [6, 6.07) is 18.6. The summed E-state index contributed by atoms with van der Waals surface area (Å²) in [7, 11) is 0. The largest absolute Gasteiger partial charge is 0.328 e. The number of thiophene rings is 2. The fourth-order valence-electron chi connectivity index (χ4n) is 4.65. The molecule has 3 heteroatoms. The Bertz CT molecular complexity index is 1230. The van der Waals surface area contributed by atoms with Crippen LogP contribution in [-0.4, -0.2) is 4.57 Å². The Hall–Kier alpha value is -1.84. The molecule has 0 aliphatic heterocycles. The van der Waals surface area contributed by atoms with E-state index in [1.165, 1.54) is 72.7 Å². The van der Waals surface area contributed by atoms with Gasteiger partial charge in [0.2, 0.25) is 0 Å². The Morgan fingerprint density at radius 2 is 1.44 bits per heavy atom. The number of benzene rings is 2. The van der Waals surface area contributed by atoms with E-state index in [0.29, 0.717) is 6.04 Å². The van der Waals surface area contributed by atoms with E-state index in [4.69, 9.17) is 0 Å². The Labute approximate surface area is 154 Å². The van der Waals surface area contributed by atoms with E-state index < -0.39 is 0 Å². The summed E-state index contributed by atoms with van der Waals surface area (Å²) in [5.74, 6) is 0. The van der Waals surface area contributed by atoms with Crippen molar-refractivity contribution in [1.82, 2.24) is 4.57 Å². The van der Waals surface area contributed by atoms with Crippen LogP contribution in [0.1, 0.15) is 38.1 Å². The lowest BCUT2D eigenvalue weighted by molar-refractivity contribution is 0.368. The molecule has 0 atom stereocenters. The van der Waals surface area contributed by atoms with Crippen molar-refractivity contribution in [3.63, 3.8) is 0 Å². The van der Waals surface area contributed by atoms with Crippen molar-refractivity contribution in [1.29, 1.82) is 0 Å². The lowest BCUT2D eigenvalue weighted by atomic mass is 9.95. The van der Waals surface area contributed by atoms with Gasteiger partial charge in [0.05, 0.1) is 10.2 Å². The third-order valence-corrected chi connectivity index (χ3v) is 8.12. The fraction of sp³-hybridized carbons (Fsp3) is 0.273. The maximum Gasteiger partial charge on any atom is 0.106 e. The Morgan fingerprint density at radius 1 is 0.760 bits per heavy atom. The average Bonchev–Trinajstić information content (AvgIpc) is 3.29. The van der Waals surface area contributed by atoms with Crippen molar-refractivity contribution >= 4 is 63.3 Å². The molecule has 0 spiro atoms. The van der Waals surface area contributed by atoms with E-state index in [-0.39, 0.29) is 0 Å². The first-order valence-electron chi connectivity index (χ1n) is 9.24. The number of rotatable bonds is 1. The molecule has 0 unspecified atom stereocenters. The van der Waals surface area contributed by atoms with Crippen molar-refractivity contribution < 1.29 is 0 Å². The lowest BCUT2D eigenvalue weighted by Gasteiger charge is -2.24. The van der Waals surface area contributed by atoms with Crippen LogP contribution < -0.4 is 0 Å². The molecule has 3 heterocycles. The highest BCUT2D eigenvalue weighted by Crippen LogP contribution is 2.49. The van der Waals surface area contributed by atoms with Gasteiger partial charge in [-0.25, -0.2) is 0 Å². The monoisotopic (exact) mass is 361 g/mol. The molecule has 0 N–H and O–H groups in total. The van der Waals surface area contributed by atoms with Gasteiger partial charge in [-0.3, -0.25) is 0 Å². The highest BCUT2D eigenvalue weighted by molar-refractivity contribution is 7.30. The van der Waals surface area contributed by atoms with Crippen LogP contribution in [0.3, 0.4) is 0 Å². The van der Waals surface area contributed by atoms with Gasteiger partial charge in [-0.05, 0) is 25.0 Å². The van der Waals surface area contributed by atoms with E-state index in [1.807, 2.05) is 22.7 Å². The minimum Gasteiger partial charge on any atom is -0.328 e. The van der Waals surface area contributed by atoms with Gasteiger partial charge in [-0.15, -0.1) is 22.7 Å². The topological polar surface area (TPSA) is 4.93 Å². The number of nitrogens with zero attached hydrogens (tertiary/aromatic N) is 1. The maximum atomic E-state index is 2.73. The van der Waals surface area contributed by atoms with Crippen LogP contribution in [0.5, 0.6) is 0 Å². The van der Waals surface area contributed by atoms with Gasteiger partial charge in [0.25, 0.3) is 0 Å². The molecular weight excluding hydrogens is 342 g/mol. The molecule has 1 aliphatic rings. The van der Waals surface area contributed by atoms with Crippen LogP contribution in [0.15, 0.2) is 48.5 Å². The third-order valence-electron chi connectivity index (χ3n) is 5.77. The molecule has 124 valence electrons. The van der Waals surface area contributed by atoms with Crippen molar-refractivity contribution in [2.24, 2.45) is 0 Å². The number of hydrogen-bond acceptors (Lipinski definition) is 2. The fourth-order valence-corrected chi connectivity index (χ4v) is 7.26. The van der Waals surface area contributed by atoms with Crippen molar-refractivity contribution in [2.45, 2.75) is 38.1 Å². The minimum absolute atomic E-state index is 0.666. The van der Waals surface area contributed by atoms with Crippen LogP contribution in [0.25, 0.3) is 40.6 Å². The summed E-state index contributed by atoms with van der Waals surface area (Å²) in [6.45, 7) is 0. The van der Waals surface area contributed by atoms with Crippen LogP contribution in [0, 0.1) is 0 Å². The average molecular weight is 362 g/mol. The van der Waals surface area contributed by atoms with Gasteiger partial charge < -0.3 is 4.57 Å². The van der Waals surface area contributed by atoms with E-state index >= 15 is 0 Å². The zero-order valence-corrected chi connectivity index (χ0v) is 15.6. The first-order chi connectivity index (χ1) is 12.4. The number of fused-ring (bicyclic) bond motifs is 7. The predicted molar refractivity (Wildman–Crippen MR) is 112 cm³/mol. The lowest BCUT2D eigenvalue weighted by Crippen LogP contribution is -2.11. The van der Waals surface area contributed by atoms with Gasteiger partial charge in [0.15, 0.2) is 0 Å². The second-order valence-corrected chi connectivity index (χ2v) is 9.30. The zero-order valence-electron chi connectivity index (χ0n) is 14.0. The highest BCUT2D eigenvalue weighted by Gasteiger charge is 2.25. The van der Waals surface area contributed by atoms with E-state index in [1.54, 1.807) is 0 Å². The smallest absolute Gasteiger partial charge is 0.106 e. The molecule has 6 rings (SSSR count). The van der Waals surface area contributed by atoms with Crippen molar-refractivity contribution in [3.8, 4) is 0 Å². The Kier molecular flexibility index (Phi) is 3.06. The SMILES string of the molecule is c1ccc2c(c1)sc1c2c2sc3ccccc3c2n1C1CCCCC1. The zero-order chi connectivity index (χ0) is 16.4. The van der Waals surface area contributed by atoms with Crippen molar-refractivity contribution in [3.05, 3.63) is 48.5 Å². The van der Waals surface area contributed by atoms with Crippen LogP contribution in [0.2, 0.25) is 0 Å². The first-order valence-corrected chi connectivity index (χ1v) is 10.9. The molecule has 2 aromatic carbocycles. The van der Waals surface area contributed by atoms with Crippen LogP contribution >= 0.6 is 22.7 Å².